The predicted molar refractivity (Wildman–Crippen MR) is 88.3 cm³/mol. The number of likely N-dealkylation sites (tertiary alicyclic amines) is 1. The first kappa shape index (κ1) is 13.6. The van der Waals surface area contributed by atoms with Crippen LogP contribution in [0.1, 0.15) is 54.4 Å². The van der Waals surface area contributed by atoms with Crippen LogP contribution in [-0.4, -0.2) is 26.6 Å². The van der Waals surface area contributed by atoms with Crippen molar-refractivity contribution in [2.24, 2.45) is 0 Å². The molecule has 0 amide bonds. The number of para-hydroxylation sites is 1. The summed E-state index contributed by atoms with van der Waals surface area (Å²) in [5.74, 6) is 2.20. The second-order valence-electron chi connectivity index (χ2n) is 6.47. The van der Waals surface area contributed by atoms with Gasteiger partial charge >= 0.3 is 0 Å². The van der Waals surface area contributed by atoms with E-state index in [1.807, 2.05) is 11.3 Å². The molecule has 1 aromatic carbocycles. The SMILES string of the molecule is c1ccc2sc(C3CCCN3Cc3nc(C4CC4)no3)nc2c1. The minimum atomic E-state index is 0.378. The van der Waals surface area contributed by atoms with Gasteiger partial charge in [0.2, 0.25) is 5.89 Å². The Hall–Kier alpha value is -1.79. The van der Waals surface area contributed by atoms with Gasteiger partial charge in [-0.3, -0.25) is 4.90 Å². The summed E-state index contributed by atoms with van der Waals surface area (Å²) in [4.78, 5) is 11.8. The van der Waals surface area contributed by atoms with E-state index in [0.29, 0.717) is 12.0 Å². The minimum Gasteiger partial charge on any atom is -0.338 e. The molecular formula is C17H18N4OS. The van der Waals surface area contributed by atoms with Gasteiger partial charge in [0.1, 0.15) is 5.01 Å². The molecular weight excluding hydrogens is 308 g/mol. The summed E-state index contributed by atoms with van der Waals surface area (Å²) in [5, 5.41) is 5.34. The average molecular weight is 326 g/mol. The molecule has 1 atom stereocenters. The Balaban J connectivity index is 1.38. The molecule has 2 fully saturated rings. The van der Waals surface area contributed by atoms with Crippen LogP contribution in [0.25, 0.3) is 10.2 Å². The number of fused-ring (bicyclic) bond motifs is 1. The zero-order valence-electron chi connectivity index (χ0n) is 12.8. The fraction of sp³-hybridized carbons (Fsp3) is 0.471. The summed E-state index contributed by atoms with van der Waals surface area (Å²) in [6.45, 7) is 1.81. The molecule has 1 unspecified atom stereocenters. The Labute approximate surface area is 138 Å². The number of benzene rings is 1. The third-order valence-corrected chi connectivity index (χ3v) is 5.86. The Morgan fingerprint density at radius 3 is 2.96 bits per heavy atom. The predicted octanol–water partition coefficient (Wildman–Crippen LogP) is 3.89. The molecule has 3 aromatic rings. The van der Waals surface area contributed by atoms with Gasteiger partial charge in [-0.25, -0.2) is 4.98 Å². The first-order valence-electron chi connectivity index (χ1n) is 8.29. The molecule has 118 valence electrons. The first-order chi connectivity index (χ1) is 11.4. The van der Waals surface area contributed by atoms with E-state index in [-0.39, 0.29) is 0 Å². The second kappa shape index (κ2) is 5.39. The lowest BCUT2D eigenvalue weighted by Gasteiger charge is -2.20. The standard InChI is InChI=1S/C17H18N4OS/c1-2-6-14-12(4-1)18-17(23-14)13-5-3-9-21(13)10-15-19-16(20-22-15)11-7-8-11/h1-2,4,6,11,13H,3,5,7-10H2. The van der Waals surface area contributed by atoms with Gasteiger partial charge in [0.25, 0.3) is 0 Å². The minimum absolute atomic E-state index is 0.378. The third-order valence-electron chi connectivity index (χ3n) is 4.72. The summed E-state index contributed by atoms with van der Waals surface area (Å²) in [6, 6.07) is 8.75. The molecule has 1 aliphatic heterocycles. The number of thiazole rings is 1. The molecule has 1 saturated carbocycles. The monoisotopic (exact) mass is 326 g/mol. The maximum atomic E-state index is 5.45. The molecule has 0 bridgehead atoms. The molecule has 3 heterocycles. The zero-order chi connectivity index (χ0) is 15.2. The maximum Gasteiger partial charge on any atom is 0.240 e. The van der Waals surface area contributed by atoms with Crippen molar-refractivity contribution >= 4 is 21.6 Å². The number of nitrogens with zero attached hydrogens (tertiary/aromatic N) is 4. The Morgan fingerprint density at radius 1 is 1.17 bits per heavy atom. The van der Waals surface area contributed by atoms with E-state index < -0.39 is 0 Å². The van der Waals surface area contributed by atoms with E-state index in [1.54, 1.807) is 0 Å². The van der Waals surface area contributed by atoms with Crippen molar-refractivity contribution < 1.29 is 4.52 Å². The second-order valence-corrected chi connectivity index (χ2v) is 7.53. The van der Waals surface area contributed by atoms with Gasteiger partial charge in [0, 0.05) is 5.92 Å². The van der Waals surface area contributed by atoms with E-state index in [2.05, 4.69) is 39.3 Å². The van der Waals surface area contributed by atoms with Crippen molar-refractivity contribution in [3.63, 3.8) is 0 Å². The quantitative estimate of drug-likeness (QED) is 0.728. The Kier molecular flexibility index (Phi) is 3.19. The lowest BCUT2D eigenvalue weighted by molar-refractivity contribution is 0.212. The zero-order valence-corrected chi connectivity index (χ0v) is 13.6. The Bertz CT molecular complexity index is 805. The number of hydrogen-bond acceptors (Lipinski definition) is 6. The van der Waals surface area contributed by atoms with Crippen LogP contribution in [0.15, 0.2) is 28.8 Å². The lowest BCUT2D eigenvalue weighted by atomic mass is 10.2. The molecule has 5 rings (SSSR count). The van der Waals surface area contributed by atoms with Crippen molar-refractivity contribution in [3.8, 4) is 0 Å². The van der Waals surface area contributed by atoms with Crippen LogP contribution in [0, 0.1) is 0 Å². The van der Waals surface area contributed by atoms with E-state index in [0.717, 1.165) is 36.7 Å². The summed E-state index contributed by atoms with van der Waals surface area (Å²) in [5.41, 5.74) is 1.10. The molecule has 23 heavy (non-hydrogen) atoms. The molecule has 1 aliphatic carbocycles. The first-order valence-corrected chi connectivity index (χ1v) is 9.10. The normalized spacial score (nSPS) is 22.2. The topological polar surface area (TPSA) is 55.1 Å². The van der Waals surface area contributed by atoms with Crippen LogP contribution >= 0.6 is 11.3 Å². The van der Waals surface area contributed by atoms with Gasteiger partial charge in [0.05, 0.1) is 22.8 Å². The van der Waals surface area contributed by atoms with Crippen LogP contribution in [-0.2, 0) is 6.54 Å². The fourth-order valence-electron chi connectivity index (χ4n) is 3.34. The van der Waals surface area contributed by atoms with Crippen LogP contribution in [0.2, 0.25) is 0 Å². The highest BCUT2D eigenvalue weighted by Crippen LogP contribution is 2.39. The van der Waals surface area contributed by atoms with Crippen LogP contribution in [0.3, 0.4) is 0 Å². The van der Waals surface area contributed by atoms with Crippen molar-refractivity contribution in [3.05, 3.63) is 41.0 Å². The van der Waals surface area contributed by atoms with E-state index in [1.165, 1.54) is 29.0 Å². The van der Waals surface area contributed by atoms with Gasteiger partial charge in [-0.05, 0) is 44.4 Å². The maximum absolute atomic E-state index is 5.45. The highest BCUT2D eigenvalue weighted by Gasteiger charge is 2.32. The van der Waals surface area contributed by atoms with E-state index in [4.69, 9.17) is 9.51 Å². The number of rotatable bonds is 4. The summed E-state index contributed by atoms with van der Waals surface area (Å²) >= 11 is 1.81. The van der Waals surface area contributed by atoms with Crippen LogP contribution in [0.4, 0.5) is 0 Å². The molecule has 0 radical (unpaired) electrons. The van der Waals surface area contributed by atoms with Crippen molar-refractivity contribution in [1.29, 1.82) is 0 Å². The highest BCUT2D eigenvalue weighted by molar-refractivity contribution is 7.18. The van der Waals surface area contributed by atoms with Gasteiger partial charge < -0.3 is 4.52 Å². The van der Waals surface area contributed by atoms with E-state index in [9.17, 15) is 0 Å². The van der Waals surface area contributed by atoms with Gasteiger partial charge in [-0.2, -0.15) is 4.98 Å². The Morgan fingerprint density at radius 2 is 2.09 bits per heavy atom. The van der Waals surface area contributed by atoms with E-state index >= 15 is 0 Å². The van der Waals surface area contributed by atoms with Crippen molar-refractivity contribution in [2.45, 2.75) is 44.2 Å². The number of aromatic nitrogens is 3. The number of hydrogen-bond donors (Lipinski definition) is 0. The molecule has 1 saturated heterocycles. The van der Waals surface area contributed by atoms with Crippen molar-refractivity contribution in [1.82, 2.24) is 20.0 Å². The van der Waals surface area contributed by atoms with Crippen molar-refractivity contribution in [2.75, 3.05) is 6.54 Å². The van der Waals surface area contributed by atoms with Gasteiger partial charge in [-0.1, -0.05) is 17.3 Å². The molecule has 2 aliphatic rings. The summed E-state index contributed by atoms with van der Waals surface area (Å²) < 4.78 is 6.72. The largest absolute Gasteiger partial charge is 0.338 e. The fourth-order valence-corrected chi connectivity index (χ4v) is 4.48. The van der Waals surface area contributed by atoms with Crippen LogP contribution < -0.4 is 0 Å². The highest BCUT2D eigenvalue weighted by atomic mass is 32.1. The summed E-state index contributed by atoms with van der Waals surface area (Å²) in [6.07, 6.45) is 4.77. The molecule has 5 nitrogen and oxygen atoms in total. The van der Waals surface area contributed by atoms with Crippen LogP contribution in [0.5, 0.6) is 0 Å². The molecule has 0 spiro atoms. The molecule has 6 heteroatoms. The van der Waals surface area contributed by atoms with Gasteiger partial charge in [0.15, 0.2) is 5.82 Å². The molecule has 2 aromatic heterocycles. The average Bonchev–Trinajstić information content (AvgIpc) is 3.00. The third kappa shape index (κ3) is 2.56. The lowest BCUT2D eigenvalue weighted by Crippen LogP contribution is -2.22. The summed E-state index contributed by atoms with van der Waals surface area (Å²) in [7, 11) is 0. The van der Waals surface area contributed by atoms with Gasteiger partial charge in [-0.15, -0.1) is 11.3 Å². The smallest absolute Gasteiger partial charge is 0.240 e. The molecule has 0 N–H and O–H groups in total.